The van der Waals surface area contributed by atoms with E-state index in [9.17, 15) is 4.21 Å². The predicted octanol–water partition coefficient (Wildman–Crippen LogP) is 0.844. The number of benzene rings is 1. The van der Waals surface area contributed by atoms with E-state index in [4.69, 9.17) is 4.55 Å². The second-order valence-electron chi connectivity index (χ2n) is 2.11. The normalized spacial score (nSPS) is 12.8. The topological polar surface area (TPSA) is 58.6 Å². The van der Waals surface area contributed by atoms with Gasteiger partial charge in [-0.2, -0.15) is 0 Å². The first-order chi connectivity index (χ1) is 5.79. The Hall–Kier alpha value is -0.750. The van der Waals surface area contributed by atoms with Crippen molar-refractivity contribution < 1.29 is 13.6 Å². The van der Waals surface area contributed by atoms with Gasteiger partial charge in [-0.3, -0.25) is 9.39 Å². The molecule has 2 N–H and O–H groups in total. The van der Waals surface area contributed by atoms with Crippen molar-refractivity contribution in [2.75, 3.05) is 0 Å². The molecule has 0 aliphatic rings. The molecule has 4 nitrogen and oxygen atoms in total. The monoisotopic (exact) mass is 187 g/mol. The highest BCUT2D eigenvalue weighted by Crippen LogP contribution is 1.98. The van der Waals surface area contributed by atoms with Crippen LogP contribution in [0, 0.1) is 0 Å². The molecule has 66 valence electrons. The maximum absolute atomic E-state index is 10.1. The number of rotatable bonds is 4. The summed E-state index contributed by atoms with van der Waals surface area (Å²) in [6.07, 6.45) is 0. The van der Waals surface area contributed by atoms with Gasteiger partial charge < -0.3 is 0 Å². The van der Waals surface area contributed by atoms with Crippen molar-refractivity contribution in [2.24, 2.45) is 0 Å². The molecule has 0 amide bonds. The van der Waals surface area contributed by atoms with Crippen LogP contribution in [-0.4, -0.2) is 8.76 Å². The van der Waals surface area contributed by atoms with Crippen molar-refractivity contribution in [3.05, 3.63) is 35.9 Å². The molecule has 1 aromatic carbocycles. The second-order valence-corrected chi connectivity index (χ2v) is 2.77. The van der Waals surface area contributed by atoms with Crippen molar-refractivity contribution in [3.8, 4) is 0 Å². The molecule has 0 bridgehead atoms. The Morgan fingerprint density at radius 2 is 2.08 bits per heavy atom. The summed E-state index contributed by atoms with van der Waals surface area (Å²) in [5.74, 6) is 0. The SMILES string of the molecule is O=S(O)NOCc1ccccc1. The minimum Gasteiger partial charge on any atom is -0.292 e. The molecule has 12 heavy (non-hydrogen) atoms. The van der Waals surface area contributed by atoms with Crippen LogP contribution in [-0.2, 0) is 22.7 Å². The minimum atomic E-state index is -2.11. The molecule has 0 aliphatic heterocycles. The third-order valence-electron chi connectivity index (χ3n) is 1.21. The van der Waals surface area contributed by atoms with Crippen LogP contribution < -0.4 is 4.89 Å². The van der Waals surface area contributed by atoms with E-state index < -0.39 is 11.3 Å². The maximum atomic E-state index is 10.1. The number of hydrogen-bond acceptors (Lipinski definition) is 2. The lowest BCUT2D eigenvalue weighted by Crippen LogP contribution is -2.16. The van der Waals surface area contributed by atoms with Gasteiger partial charge in [-0.05, 0) is 5.56 Å². The lowest BCUT2D eigenvalue weighted by Gasteiger charge is -2.00. The van der Waals surface area contributed by atoms with Crippen molar-refractivity contribution in [1.82, 2.24) is 4.89 Å². The van der Waals surface area contributed by atoms with Gasteiger partial charge in [0.15, 0.2) is 0 Å². The molecule has 0 fully saturated rings. The molecular weight excluding hydrogens is 178 g/mol. The summed E-state index contributed by atoms with van der Waals surface area (Å²) in [6.45, 7) is 0.271. The van der Waals surface area contributed by atoms with Gasteiger partial charge in [0.1, 0.15) is 0 Å². The van der Waals surface area contributed by atoms with Gasteiger partial charge in [0.05, 0.1) is 6.61 Å². The van der Waals surface area contributed by atoms with E-state index in [1.807, 2.05) is 35.2 Å². The average Bonchev–Trinajstić information content (AvgIpc) is 2.05. The molecule has 0 saturated heterocycles. The first-order valence-corrected chi connectivity index (χ1v) is 4.42. The Labute approximate surface area is 72.9 Å². The lowest BCUT2D eigenvalue weighted by atomic mass is 10.2. The minimum absolute atomic E-state index is 0.271. The summed E-state index contributed by atoms with van der Waals surface area (Å²) in [5.41, 5.74) is 0.940. The molecule has 1 rings (SSSR count). The molecule has 0 aromatic heterocycles. The highest BCUT2D eigenvalue weighted by Gasteiger charge is 1.92. The summed E-state index contributed by atoms with van der Waals surface area (Å²) < 4.78 is 18.3. The third-order valence-corrected chi connectivity index (χ3v) is 1.47. The predicted molar refractivity (Wildman–Crippen MR) is 45.1 cm³/mol. The molecule has 0 radical (unpaired) electrons. The van der Waals surface area contributed by atoms with Crippen molar-refractivity contribution in [1.29, 1.82) is 0 Å². The fourth-order valence-corrected chi connectivity index (χ4v) is 0.897. The Morgan fingerprint density at radius 3 is 2.67 bits per heavy atom. The number of hydrogen-bond donors (Lipinski definition) is 2. The van der Waals surface area contributed by atoms with Gasteiger partial charge >= 0.3 is 0 Å². The van der Waals surface area contributed by atoms with Crippen molar-refractivity contribution >= 4 is 11.3 Å². The Bertz CT molecular complexity index is 252. The Morgan fingerprint density at radius 1 is 1.42 bits per heavy atom. The van der Waals surface area contributed by atoms with Gasteiger partial charge in [-0.1, -0.05) is 35.2 Å². The zero-order valence-electron chi connectivity index (χ0n) is 6.27. The molecule has 0 heterocycles. The van der Waals surface area contributed by atoms with Crippen LogP contribution in [0.4, 0.5) is 0 Å². The van der Waals surface area contributed by atoms with Gasteiger partial charge in [-0.25, -0.2) is 4.21 Å². The third kappa shape index (κ3) is 3.59. The average molecular weight is 187 g/mol. The van der Waals surface area contributed by atoms with Crippen molar-refractivity contribution in [3.63, 3.8) is 0 Å². The van der Waals surface area contributed by atoms with Crippen LogP contribution in [0.25, 0.3) is 0 Å². The molecule has 0 aliphatic carbocycles. The molecule has 0 saturated carbocycles. The van der Waals surface area contributed by atoms with E-state index >= 15 is 0 Å². The fourth-order valence-electron chi connectivity index (χ4n) is 0.737. The van der Waals surface area contributed by atoms with E-state index in [-0.39, 0.29) is 6.61 Å². The van der Waals surface area contributed by atoms with E-state index in [2.05, 4.69) is 4.84 Å². The van der Waals surface area contributed by atoms with Gasteiger partial charge in [0.2, 0.25) is 0 Å². The molecule has 5 heteroatoms. The largest absolute Gasteiger partial charge is 0.292 e. The van der Waals surface area contributed by atoms with Crippen LogP contribution in [0.3, 0.4) is 0 Å². The summed E-state index contributed by atoms with van der Waals surface area (Å²) in [5, 5.41) is 0. The smallest absolute Gasteiger partial charge is 0.256 e. The van der Waals surface area contributed by atoms with E-state index in [0.29, 0.717) is 0 Å². The van der Waals surface area contributed by atoms with E-state index in [1.165, 1.54) is 0 Å². The maximum Gasteiger partial charge on any atom is 0.256 e. The molecule has 1 unspecified atom stereocenters. The number of nitrogens with one attached hydrogen (secondary N) is 1. The van der Waals surface area contributed by atoms with Crippen LogP contribution in [0.15, 0.2) is 30.3 Å². The van der Waals surface area contributed by atoms with Gasteiger partial charge in [0.25, 0.3) is 11.3 Å². The quantitative estimate of drug-likeness (QED) is 0.542. The van der Waals surface area contributed by atoms with Gasteiger partial charge in [0, 0.05) is 0 Å². The van der Waals surface area contributed by atoms with Crippen LogP contribution in [0.2, 0.25) is 0 Å². The second kappa shape index (κ2) is 5.00. The highest BCUT2D eigenvalue weighted by molar-refractivity contribution is 7.76. The molecule has 0 spiro atoms. The van der Waals surface area contributed by atoms with Crippen LogP contribution in [0.1, 0.15) is 5.56 Å². The standard InChI is InChI=1S/C7H9NO3S/c9-12(10)8-11-6-7-4-2-1-3-5-7/h1-5,8H,6H2,(H,9,10). The zero-order valence-corrected chi connectivity index (χ0v) is 7.08. The summed E-state index contributed by atoms with van der Waals surface area (Å²) in [6, 6.07) is 9.36. The molecule has 1 aromatic rings. The van der Waals surface area contributed by atoms with Crippen LogP contribution in [0.5, 0.6) is 0 Å². The first kappa shape index (κ1) is 9.34. The summed E-state index contributed by atoms with van der Waals surface area (Å²) >= 11 is -2.11. The Balaban J connectivity index is 2.29. The molecular formula is C7H9NO3S. The Kier molecular flexibility index (Phi) is 3.89. The zero-order chi connectivity index (χ0) is 8.81. The lowest BCUT2D eigenvalue weighted by molar-refractivity contribution is 0.0785. The highest BCUT2D eigenvalue weighted by atomic mass is 32.2. The van der Waals surface area contributed by atoms with Crippen molar-refractivity contribution in [2.45, 2.75) is 6.61 Å². The first-order valence-electron chi connectivity index (χ1n) is 3.31. The summed E-state index contributed by atoms with van der Waals surface area (Å²) in [7, 11) is 0. The van der Waals surface area contributed by atoms with Crippen LogP contribution >= 0.6 is 0 Å². The molecule has 1 atom stereocenters. The fraction of sp³-hybridized carbons (Fsp3) is 0.143. The van der Waals surface area contributed by atoms with Gasteiger partial charge in [-0.15, -0.1) is 0 Å². The summed E-state index contributed by atoms with van der Waals surface area (Å²) in [4.78, 5) is 6.60. The van der Waals surface area contributed by atoms with E-state index in [0.717, 1.165) is 5.56 Å². The van der Waals surface area contributed by atoms with E-state index in [1.54, 1.807) is 0 Å².